The number of hydrazine groups is 1. The summed E-state index contributed by atoms with van der Waals surface area (Å²) in [5.41, 5.74) is 3.43. The van der Waals surface area contributed by atoms with Crippen molar-refractivity contribution in [2.45, 2.75) is 64.9 Å². The molecule has 170 valence electrons. The van der Waals surface area contributed by atoms with Crippen molar-refractivity contribution in [1.82, 2.24) is 10.4 Å². The molecule has 2 amide bonds. The minimum Gasteiger partial charge on any atom is -0.490 e. The molecule has 0 unspecified atom stereocenters. The second kappa shape index (κ2) is 8.49. The van der Waals surface area contributed by atoms with Crippen molar-refractivity contribution in [3.05, 3.63) is 34.7 Å². The van der Waals surface area contributed by atoms with Crippen molar-refractivity contribution in [1.29, 1.82) is 0 Å². The van der Waals surface area contributed by atoms with Gasteiger partial charge in [0.15, 0.2) is 4.32 Å². The third kappa shape index (κ3) is 3.98. The van der Waals surface area contributed by atoms with Crippen LogP contribution in [-0.4, -0.2) is 27.2 Å². The van der Waals surface area contributed by atoms with Crippen molar-refractivity contribution < 1.29 is 14.3 Å². The van der Waals surface area contributed by atoms with Gasteiger partial charge in [0, 0.05) is 5.56 Å². The number of nitrogens with one attached hydrogen (secondary N) is 1. The van der Waals surface area contributed by atoms with Gasteiger partial charge in [-0.3, -0.25) is 15.0 Å². The Labute approximate surface area is 199 Å². The Morgan fingerprint density at radius 1 is 1.25 bits per heavy atom. The summed E-state index contributed by atoms with van der Waals surface area (Å²) >= 11 is 6.70. The molecule has 1 atom stereocenters. The summed E-state index contributed by atoms with van der Waals surface area (Å²) in [6, 6.07) is 7.68. The maximum Gasteiger partial charge on any atom is 0.285 e. The molecule has 1 saturated heterocycles. The molecule has 1 heterocycles. The van der Waals surface area contributed by atoms with Gasteiger partial charge >= 0.3 is 0 Å². The van der Waals surface area contributed by atoms with Crippen LogP contribution in [0.1, 0.15) is 64.4 Å². The van der Waals surface area contributed by atoms with E-state index in [4.69, 9.17) is 17.0 Å². The van der Waals surface area contributed by atoms with Crippen LogP contribution in [0.25, 0.3) is 6.08 Å². The van der Waals surface area contributed by atoms with Gasteiger partial charge in [-0.05, 0) is 94.0 Å². The van der Waals surface area contributed by atoms with Crippen molar-refractivity contribution in [2.75, 3.05) is 0 Å². The van der Waals surface area contributed by atoms with E-state index < -0.39 is 0 Å². The van der Waals surface area contributed by atoms with E-state index in [2.05, 4.69) is 12.3 Å². The highest BCUT2D eigenvalue weighted by Crippen LogP contribution is 2.60. The maximum atomic E-state index is 13.4. The van der Waals surface area contributed by atoms with Crippen LogP contribution in [0.4, 0.5) is 0 Å². The molecule has 7 heteroatoms. The van der Waals surface area contributed by atoms with Gasteiger partial charge in [0.2, 0.25) is 5.91 Å². The summed E-state index contributed by atoms with van der Waals surface area (Å²) in [6.45, 7) is 4.10. The summed E-state index contributed by atoms with van der Waals surface area (Å²) in [7, 11) is 0. The summed E-state index contributed by atoms with van der Waals surface area (Å²) in [4.78, 5) is 27.1. The number of rotatable bonds is 6. The van der Waals surface area contributed by atoms with Gasteiger partial charge in [-0.25, -0.2) is 0 Å². The molecule has 4 saturated carbocycles. The molecule has 4 aliphatic carbocycles. The molecule has 1 N–H and O–H groups in total. The lowest BCUT2D eigenvalue weighted by molar-refractivity contribution is -0.152. The average Bonchev–Trinajstić information content (AvgIpc) is 3.01. The standard InChI is InChI=1S/C25H30N2O3S2/c1-3-15(2)30-20-7-5-4-6-19(20)11-21-22(28)27(24(31)32-21)26-23(29)25-12-16-8-17(13-25)10-18(9-16)14-25/h4-7,11,15-18H,3,8-10,12-14H2,1-2H3,(H,26,29)/b21-11+/t15-,16?,17?,18?,25?/m1/s1. The van der Waals surface area contributed by atoms with Crippen LogP contribution in [0.3, 0.4) is 0 Å². The van der Waals surface area contributed by atoms with Crippen molar-refractivity contribution >= 4 is 46.2 Å². The predicted octanol–water partition coefficient (Wildman–Crippen LogP) is 5.31. The Kier molecular flexibility index (Phi) is 5.82. The summed E-state index contributed by atoms with van der Waals surface area (Å²) in [5.74, 6) is 2.45. The van der Waals surface area contributed by atoms with E-state index in [0.717, 1.165) is 37.0 Å². The fraction of sp³-hybridized carbons (Fsp3) is 0.560. The molecule has 0 spiro atoms. The van der Waals surface area contributed by atoms with Crippen LogP contribution in [0.2, 0.25) is 0 Å². The molecule has 5 nitrogen and oxygen atoms in total. The lowest BCUT2D eigenvalue weighted by atomic mass is 9.49. The van der Waals surface area contributed by atoms with Crippen LogP contribution in [0, 0.1) is 23.2 Å². The van der Waals surface area contributed by atoms with E-state index >= 15 is 0 Å². The zero-order chi connectivity index (χ0) is 22.5. The second-order valence-electron chi connectivity index (χ2n) is 10.0. The molecule has 5 fully saturated rings. The highest BCUT2D eigenvalue weighted by Gasteiger charge is 2.55. The monoisotopic (exact) mass is 470 g/mol. The van der Waals surface area contributed by atoms with Gasteiger partial charge in [0.05, 0.1) is 16.4 Å². The van der Waals surface area contributed by atoms with Crippen molar-refractivity contribution in [2.24, 2.45) is 23.2 Å². The number of benzene rings is 1. The zero-order valence-electron chi connectivity index (χ0n) is 18.6. The molecule has 1 aromatic carbocycles. The van der Waals surface area contributed by atoms with Gasteiger partial charge < -0.3 is 4.74 Å². The van der Waals surface area contributed by atoms with Crippen molar-refractivity contribution in [3.63, 3.8) is 0 Å². The first kappa shape index (κ1) is 22.0. The number of hydrogen-bond acceptors (Lipinski definition) is 5. The lowest BCUT2D eigenvalue weighted by Crippen LogP contribution is -2.57. The highest BCUT2D eigenvalue weighted by atomic mass is 32.2. The van der Waals surface area contributed by atoms with Crippen LogP contribution >= 0.6 is 24.0 Å². The van der Waals surface area contributed by atoms with Crippen LogP contribution in [0.15, 0.2) is 29.2 Å². The summed E-state index contributed by atoms with van der Waals surface area (Å²) < 4.78 is 6.39. The number of amides is 2. The fourth-order valence-electron chi connectivity index (χ4n) is 6.32. The maximum absolute atomic E-state index is 13.4. The fourth-order valence-corrected chi connectivity index (χ4v) is 7.49. The first-order valence-electron chi connectivity index (χ1n) is 11.7. The summed E-state index contributed by atoms with van der Waals surface area (Å²) in [5, 5.41) is 1.28. The first-order chi connectivity index (χ1) is 15.4. The number of carbonyl (C=O) groups is 2. The molecule has 0 aromatic heterocycles. The number of thiocarbonyl (C=S) groups is 1. The van der Waals surface area contributed by atoms with E-state index in [0.29, 0.717) is 27.0 Å². The molecule has 4 bridgehead atoms. The van der Waals surface area contributed by atoms with E-state index in [1.165, 1.54) is 36.0 Å². The van der Waals surface area contributed by atoms with Gasteiger partial charge in [0.1, 0.15) is 5.75 Å². The Balaban J connectivity index is 1.32. The van der Waals surface area contributed by atoms with Gasteiger partial charge in [0.25, 0.3) is 5.91 Å². The van der Waals surface area contributed by atoms with Crippen LogP contribution in [-0.2, 0) is 9.59 Å². The zero-order valence-corrected chi connectivity index (χ0v) is 20.3. The molecule has 1 aliphatic heterocycles. The van der Waals surface area contributed by atoms with Crippen molar-refractivity contribution in [3.8, 4) is 5.75 Å². The Morgan fingerprint density at radius 2 is 1.88 bits per heavy atom. The average molecular weight is 471 g/mol. The smallest absolute Gasteiger partial charge is 0.285 e. The number of para-hydroxylation sites is 1. The third-order valence-corrected chi connectivity index (χ3v) is 8.94. The summed E-state index contributed by atoms with van der Waals surface area (Å²) in [6.07, 6.45) is 9.47. The molecule has 1 aromatic rings. The quantitative estimate of drug-likeness (QED) is 0.451. The molecule has 5 aliphatic rings. The minimum absolute atomic E-state index is 0.0188. The number of carbonyl (C=O) groups excluding carboxylic acids is 2. The highest BCUT2D eigenvalue weighted by molar-refractivity contribution is 8.26. The van der Waals surface area contributed by atoms with Crippen LogP contribution in [0.5, 0.6) is 5.75 Å². The number of nitrogens with zero attached hydrogens (tertiary/aromatic N) is 1. The molecular weight excluding hydrogens is 440 g/mol. The largest absolute Gasteiger partial charge is 0.490 e. The third-order valence-electron chi connectivity index (χ3n) is 7.64. The topological polar surface area (TPSA) is 58.6 Å². The number of hydrogen-bond donors (Lipinski definition) is 1. The van der Waals surface area contributed by atoms with Crippen LogP contribution < -0.4 is 10.2 Å². The predicted molar refractivity (Wildman–Crippen MR) is 131 cm³/mol. The van der Waals surface area contributed by atoms with Gasteiger partial charge in [-0.1, -0.05) is 36.9 Å². The SMILES string of the molecule is CC[C@@H](C)Oc1ccccc1/C=C1/SC(=S)N(NC(=O)C23CC4CC(CC(C4)C2)C3)C1=O. The molecule has 6 rings (SSSR count). The second-order valence-corrected chi connectivity index (χ2v) is 11.7. The van der Waals surface area contributed by atoms with E-state index in [1.807, 2.05) is 37.3 Å². The number of thioether (sulfide) groups is 1. The Hall–Kier alpha value is -1.86. The molecule has 0 radical (unpaired) electrons. The molecule has 32 heavy (non-hydrogen) atoms. The van der Waals surface area contributed by atoms with E-state index in [9.17, 15) is 9.59 Å². The normalized spacial score (nSPS) is 33.1. The van der Waals surface area contributed by atoms with E-state index in [1.54, 1.807) is 0 Å². The lowest BCUT2D eigenvalue weighted by Gasteiger charge is -2.55. The molecular formula is C25H30N2O3S2. The van der Waals surface area contributed by atoms with Gasteiger partial charge in [-0.15, -0.1) is 0 Å². The Bertz CT molecular complexity index is 954. The first-order valence-corrected chi connectivity index (χ1v) is 12.9. The minimum atomic E-state index is -0.321. The Morgan fingerprint density at radius 3 is 2.50 bits per heavy atom. The van der Waals surface area contributed by atoms with E-state index in [-0.39, 0.29) is 23.3 Å². The number of ether oxygens (including phenoxy) is 1. The van der Waals surface area contributed by atoms with Gasteiger partial charge in [-0.2, -0.15) is 5.01 Å².